The number of carbonyl (C=O) groups is 1. The molecule has 5 nitrogen and oxygen atoms in total. The predicted molar refractivity (Wildman–Crippen MR) is 91.4 cm³/mol. The van der Waals surface area contributed by atoms with Gasteiger partial charge < -0.3 is 19.3 Å². The van der Waals surface area contributed by atoms with Crippen LogP contribution in [-0.4, -0.2) is 32.4 Å². The van der Waals surface area contributed by atoms with E-state index in [1.165, 1.54) is 0 Å². The van der Waals surface area contributed by atoms with E-state index >= 15 is 0 Å². The summed E-state index contributed by atoms with van der Waals surface area (Å²) in [5, 5.41) is 9.68. The lowest BCUT2D eigenvalue weighted by molar-refractivity contribution is -0.138. The Bertz CT molecular complexity index is 724. The lowest BCUT2D eigenvalue weighted by atomic mass is 9.89. The molecule has 2 aromatic rings. The highest BCUT2D eigenvalue weighted by Crippen LogP contribution is 2.32. The molecule has 0 radical (unpaired) electrons. The van der Waals surface area contributed by atoms with Crippen molar-refractivity contribution in [2.45, 2.75) is 19.3 Å². The normalized spacial score (nSPS) is 11.7. The smallest absolute Gasteiger partial charge is 0.311 e. The molecule has 24 heavy (non-hydrogen) atoms. The first-order valence-corrected chi connectivity index (χ1v) is 7.58. The first-order valence-electron chi connectivity index (χ1n) is 7.58. The topological polar surface area (TPSA) is 65.0 Å². The van der Waals surface area contributed by atoms with E-state index in [0.29, 0.717) is 23.7 Å². The van der Waals surface area contributed by atoms with Crippen LogP contribution in [0.2, 0.25) is 0 Å². The second kappa shape index (κ2) is 7.73. The van der Waals surface area contributed by atoms with E-state index in [4.69, 9.17) is 14.2 Å². The Labute approximate surface area is 141 Å². The van der Waals surface area contributed by atoms with Gasteiger partial charge in [0.05, 0.1) is 27.2 Å². The third-order valence-corrected chi connectivity index (χ3v) is 4.04. The van der Waals surface area contributed by atoms with E-state index in [1.807, 2.05) is 31.2 Å². The average molecular weight is 330 g/mol. The van der Waals surface area contributed by atoms with Crippen LogP contribution in [-0.2, 0) is 11.2 Å². The summed E-state index contributed by atoms with van der Waals surface area (Å²) in [6.07, 6.45) is 0.364. The molecule has 0 saturated heterocycles. The van der Waals surface area contributed by atoms with Crippen molar-refractivity contribution < 1.29 is 24.1 Å². The standard InChI is InChI=1S/C19H22O5/c1-12-9-14(22-2)6-7-15(12)16(19(20)21)10-13-5-8-17(23-3)18(11-13)24-4/h5-9,11,16H,10H2,1-4H3,(H,20,21). The number of ether oxygens (including phenoxy) is 3. The Balaban J connectivity index is 2.34. The lowest BCUT2D eigenvalue weighted by Crippen LogP contribution is -2.15. The number of carboxylic acids is 1. The quantitative estimate of drug-likeness (QED) is 0.842. The monoisotopic (exact) mass is 330 g/mol. The molecular weight excluding hydrogens is 308 g/mol. The average Bonchev–Trinajstić information content (AvgIpc) is 2.59. The molecule has 0 spiro atoms. The summed E-state index contributed by atoms with van der Waals surface area (Å²) in [4.78, 5) is 11.8. The van der Waals surface area contributed by atoms with Crippen LogP contribution in [0.15, 0.2) is 36.4 Å². The number of hydrogen-bond donors (Lipinski definition) is 1. The number of rotatable bonds is 7. The summed E-state index contributed by atoms with van der Waals surface area (Å²) in [7, 11) is 4.72. The number of aliphatic carboxylic acids is 1. The van der Waals surface area contributed by atoms with E-state index in [9.17, 15) is 9.90 Å². The molecule has 0 aromatic heterocycles. The van der Waals surface area contributed by atoms with Crippen molar-refractivity contribution in [1.82, 2.24) is 0 Å². The number of carboxylic acid groups (broad SMARTS) is 1. The minimum atomic E-state index is -0.863. The maximum Gasteiger partial charge on any atom is 0.311 e. The molecule has 0 aliphatic heterocycles. The zero-order valence-electron chi connectivity index (χ0n) is 14.3. The fourth-order valence-corrected chi connectivity index (χ4v) is 2.74. The molecule has 2 aromatic carbocycles. The van der Waals surface area contributed by atoms with Crippen LogP contribution in [0.25, 0.3) is 0 Å². The van der Waals surface area contributed by atoms with Crippen molar-refractivity contribution in [2.75, 3.05) is 21.3 Å². The fraction of sp³-hybridized carbons (Fsp3) is 0.316. The molecule has 0 aliphatic carbocycles. The highest BCUT2D eigenvalue weighted by molar-refractivity contribution is 5.77. The van der Waals surface area contributed by atoms with Crippen LogP contribution in [0, 0.1) is 6.92 Å². The summed E-state index contributed by atoms with van der Waals surface area (Å²) in [6.45, 7) is 1.89. The first kappa shape index (κ1) is 17.7. The number of benzene rings is 2. The van der Waals surface area contributed by atoms with Crippen molar-refractivity contribution in [3.63, 3.8) is 0 Å². The van der Waals surface area contributed by atoms with E-state index in [1.54, 1.807) is 33.5 Å². The Hall–Kier alpha value is -2.69. The van der Waals surface area contributed by atoms with Gasteiger partial charge >= 0.3 is 5.97 Å². The van der Waals surface area contributed by atoms with Crippen molar-refractivity contribution in [1.29, 1.82) is 0 Å². The maximum absolute atomic E-state index is 11.8. The van der Waals surface area contributed by atoms with Gasteiger partial charge in [0, 0.05) is 0 Å². The highest BCUT2D eigenvalue weighted by Gasteiger charge is 2.23. The number of methoxy groups -OCH3 is 3. The van der Waals surface area contributed by atoms with Crippen LogP contribution < -0.4 is 14.2 Å². The van der Waals surface area contributed by atoms with Crippen LogP contribution in [0.3, 0.4) is 0 Å². The first-order chi connectivity index (χ1) is 11.5. The van der Waals surface area contributed by atoms with Crippen molar-refractivity contribution in [3.05, 3.63) is 53.1 Å². The minimum Gasteiger partial charge on any atom is -0.497 e. The van der Waals surface area contributed by atoms with E-state index < -0.39 is 11.9 Å². The number of aryl methyl sites for hydroxylation is 1. The van der Waals surface area contributed by atoms with Crippen molar-refractivity contribution >= 4 is 5.97 Å². The van der Waals surface area contributed by atoms with Crippen LogP contribution >= 0.6 is 0 Å². The fourth-order valence-electron chi connectivity index (χ4n) is 2.74. The maximum atomic E-state index is 11.8. The molecule has 1 atom stereocenters. The molecule has 2 rings (SSSR count). The Morgan fingerprint density at radius 3 is 2.25 bits per heavy atom. The Kier molecular flexibility index (Phi) is 5.68. The van der Waals surface area contributed by atoms with Crippen molar-refractivity contribution in [2.24, 2.45) is 0 Å². The molecule has 0 aliphatic rings. The van der Waals surface area contributed by atoms with Gasteiger partial charge in [-0.05, 0) is 54.3 Å². The minimum absolute atomic E-state index is 0.364. The van der Waals surface area contributed by atoms with Gasteiger partial charge in [0.1, 0.15) is 5.75 Å². The van der Waals surface area contributed by atoms with E-state index in [2.05, 4.69) is 0 Å². The summed E-state index contributed by atoms with van der Waals surface area (Å²) in [5.41, 5.74) is 2.54. The van der Waals surface area contributed by atoms with Gasteiger partial charge in [-0.1, -0.05) is 12.1 Å². The SMILES string of the molecule is COc1ccc(C(Cc2ccc(OC)c(OC)c2)C(=O)O)c(C)c1. The van der Waals surface area contributed by atoms with Crippen LogP contribution in [0.5, 0.6) is 17.2 Å². The second-order valence-corrected chi connectivity index (χ2v) is 5.51. The van der Waals surface area contributed by atoms with Gasteiger partial charge in [-0.3, -0.25) is 4.79 Å². The molecule has 5 heteroatoms. The third kappa shape index (κ3) is 3.79. The molecule has 0 saturated carbocycles. The molecule has 0 fully saturated rings. The summed E-state index contributed by atoms with van der Waals surface area (Å²) in [5.74, 6) is 0.415. The molecule has 0 amide bonds. The van der Waals surface area contributed by atoms with Gasteiger partial charge in [-0.25, -0.2) is 0 Å². The van der Waals surface area contributed by atoms with Gasteiger partial charge in [-0.2, -0.15) is 0 Å². The van der Waals surface area contributed by atoms with Crippen molar-refractivity contribution in [3.8, 4) is 17.2 Å². The lowest BCUT2D eigenvalue weighted by Gasteiger charge is -2.17. The predicted octanol–water partition coefficient (Wildman–Crippen LogP) is 3.43. The molecule has 0 bridgehead atoms. The summed E-state index contributed by atoms with van der Waals surface area (Å²) >= 11 is 0. The Morgan fingerprint density at radius 2 is 1.71 bits per heavy atom. The van der Waals surface area contributed by atoms with Gasteiger partial charge in [0.2, 0.25) is 0 Å². The van der Waals surface area contributed by atoms with E-state index in [0.717, 1.165) is 16.7 Å². The van der Waals surface area contributed by atoms with Crippen LogP contribution in [0.1, 0.15) is 22.6 Å². The van der Waals surface area contributed by atoms with E-state index in [-0.39, 0.29) is 0 Å². The zero-order chi connectivity index (χ0) is 17.7. The molecule has 1 N–H and O–H groups in total. The number of hydrogen-bond acceptors (Lipinski definition) is 4. The molecular formula is C19H22O5. The zero-order valence-corrected chi connectivity index (χ0v) is 14.3. The Morgan fingerprint density at radius 1 is 1.00 bits per heavy atom. The second-order valence-electron chi connectivity index (χ2n) is 5.51. The van der Waals surface area contributed by atoms with Gasteiger partial charge in [-0.15, -0.1) is 0 Å². The third-order valence-electron chi connectivity index (χ3n) is 4.04. The highest BCUT2D eigenvalue weighted by atomic mass is 16.5. The van der Waals surface area contributed by atoms with Gasteiger partial charge in [0.25, 0.3) is 0 Å². The summed E-state index contributed by atoms with van der Waals surface area (Å²) < 4.78 is 15.7. The molecule has 128 valence electrons. The summed E-state index contributed by atoms with van der Waals surface area (Å²) in [6, 6.07) is 10.9. The van der Waals surface area contributed by atoms with Crippen LogP contribution in [0.4, 0.5) is 0 Å². The molecule has 1 unspecified atom stereocenters. The molecule has 0 heterocycles. The largest absolute Gasteiger partial charge is 0.497 e. The van der Waals surface area contributed by atoms with Gasteiger partial charge in [0.15, 0.2) is 11.5 Å².